The molecule has 0 unspecified atom stereocenters. The molecule has 2 rings (SSSR count). The number of rotatable bonds is 4. The molecule has 0 atom stereocenters. The Kier molecular flexibility index (Phi) is 4.17. The lowest BCUT2D eigenvalue weighted by Crippen LogP contribution is -2.38. The van der Waals surface area contributed by atoms with Gasteiger partial charge in [0.1, 0.15) is 9.84 Å². The summed E-state index contributed by atoms with van der Waals surface area (Å²) >= 11 is 0. The van der Waals surface area contributed by atoms with Crippen molar-refractivity contribution in [1.29, 1.82) is 0 Å². The minimum atomic E-state index is -3.11. The van der Waals surface area contributed by atoms with E-state index in [1.54, 1.807) is 12.1 Å². The molecule has 1 heterocycles. The van der Waals surface area contributed by atoms with Gasteiger partial charge in [-0.15, -0.1) is 0 Å². The highest BCUT2D eigenvalue weighted by Gasteiger charge is 2.24. The number of carboxylic acid groups (broad SMARTS) is 1. The number of hydrogen-bond donors (Lipinski definition) is 2. The van der Waals surface area contributed by atoms with Crippen LogP contribution < -0.4 is 5.32 Å². The summed E-state index contributed by atoms with van der Waals surface area (Å²) in [6, 6.07) is 4.41. The summed E-state index contributed by atoms with van der Waals surface area (Å²) in [6.45, 7) is 0.770. The van der Waals surface area contributed by atoms with E-state index in [2.05, 4.69) is 5.32 Å². The van der Waals surface area contributed by atoms with Crippen LogP contribution in [0.1, 0.15) is 21.5 Å². The highest BCUT2D eigenvalue weighted by Crippen LogP contribution is 2.23. The molecule has 0 radical (unpaired) electrons. The summed E-state index contributed by atoms with van der Waals surface area (Å²) in [4.78, 5) is 24.3. The van der Waals surface area contributed by atoms with Crippen LogP contribution in [-0.4, -0.2) is 49.0 Å². The van der Waals surface area contributed by atoms with Crippen LogP contribution in [0.25, 0.3) is 0 Å². The molecule has 1 aromatic rings. The Morgan fingerprint density at radius 3 is 2.57 bits per heavy atom. The fourth-order valence-electron chi connectivity index (χ4n) is 2.13. The standard InChI is InChI=1S/C13H16N2O5S/c1-21(19,20)5-4-14-13(18)15-7-10-3-2-9(12(16)17)6-11(10)8-15/h2-3,6H,4-5,7-8H2,1H3,(H,14,18)(H,16,17). The van der Waals surface area contributed by atoms with Gasteiger partial charge in [-0.25, -0.2) is 18.0 Å². The molecule has 0 spiro atoms. The van der Waals surface area contributed by atoms with Gasteiger partial charge in [-0.05, 0) is 23.3 Å². The Bertz CT molecular complexity index is 684. The van der Waals surface area contributed by atoms with Crippen molar-refractivity contribution in [2.45, 2.75) is 13.1 Å². The number of nitrogens with zero attached hydrogens (tertiary/aromatic N) is 1. The van der Waals surface area contributed by atoms with Crippen LogP contribution in [0.4, 0.5) is 4.79 Å². The third-order valence-electron chi connectivity index (χ3n) is 3.21. The molecule has 1 aliphatic heterocycles. The number of benzene rings is 1. The van der Waals surface area contributed by atoms with Gasteiger partial charge in [0.05, 0.1) is 11.3 Å². The SMILES string of the molecule is CS(=O)(=O)CCNC(=O)N1Cc2ccc(C(=O)O)cc2C1. The number of carboxylic acids is 1. The van der Waals surface area contributed by atoms with Crippen LogP contribution in [0.5, 0.6) is 0 Å². The summed E-state index contributed by atoms with van der Waals surface area (Å²) in [7, 11) is -3.11. The summed E-state index contributed by atoms with van der Waals surface area (Å²) in [5.41, 5.74) is 1.89. The first-order chi connectivity index (χ1) is 9.76. The van der Waals surface area contributed by atoms with E-state index in [9.17, 15) is 18.0 Å². The van der Waals surface area contributed by atoms with Crippen molar-refractivity contribution >= 4 is 21.8 Å². The predicted molar refractivity (Wildman–Crippen MR) is 75.8 cm³/mol. The van der Waals surface area contributed by atoms with Gasteiger partial charge in [-0.3, -0.25) is 0 Å². The molecular formula is C13H16N2O5S. The minimum absolute atomic E-state index is 0.0604. The van der Waals surface area contributed by atoms with E-state index in [1.165, 1.54) is 11.0 Å². The van der Waals surface area contributed by atoms with Gasteiger partial charge >= 0.3 is 12.0 Å². The average molecular weight is 312 g/mol. The van der Waals surface area contributed by atoms with E-state index in [4.69, 9.17) is 5.11 Å². The first kappa shape index (κ1) is 15.3. The fourth-order valence-corrected chi connectivity index (χ4v) is 2.60. The van der Waals surface area contributed by atoms with Crippen LogP contribution in [0.15, 0.2) is 18.2 Å². The monoisotopic (exact) mass is 312 g/mol. The van der Waals surface area contributed by atoms with Crippen molar-refractivity contribution in [2.75, 3.05) is 18.6 Å². The van der Waals surface area contributed by atoms with Gasteiger partial charge in [0.15, 0.2) is 0 Å². The second-order valence-electron chi connectivity index (χ2n) is 5.01. The second kappa shape index (κ2) is 5.72. The zero-order valence-electron chi connectivity index (χ0n) is 11.5. The van der Waals surface area contributed by atoms with Gasteiger partial charge in [0.25, 0.3) is 0 Å². The zero-order chi connectivity index (χ0) is 15.6. The molecule has 0 saturated carbocycles. The normalized spacial score (nSPS) is 13.9. The van der Waals surface area contributed by atoms with Crippen LogP contribution in [-0.2, 0) is 22.9 Å². The van der Waals surface area contributed by atoms with Gasteiger partial charge in [-0.2, -0.15) is 0 Å². The predicted octanol–water partition coefficient (Wildman–Crippen LogP) is 0.455. The van der Waals surface area contributed by atoms with Crippen LogP contribution >= 0.6 is 0 Å². The van der Waals surface area contributed by atoms with Gasteiger partial charge in [0, 0.05) is 25.9 Å². The van der Waals surface area contributed by atoms with Gasteiger partial charge in [-0.1, -0.05) is 6.07 Å². The molecule has 7 nitrogen and oxygen atoms in total. The van der Waals surface area contributed by atoms with Crippen molar-refractivity contribution in [3.05, 3.63) is 34.9 Å². The maximum Gasteiger partial charge on any atom is 0.335 e. The average Bonchev–Trinajstić information content (AvgIpc) is 2.79. The van der Waals surface area contributed by atoms with Crippen LogP contribution in [0.2, 0.25) is 0 Å². The molecule has 0 aliphatic carbocycles. The van der Waals surface area contributed by atoms with Crippen LogP contribution in [0, 0.1) is 0 Å². The van der Waals surface area contributed by atoms with E-state index in [1.807, 2.05) is 0 Å². The van der Waals surface area contributed by atoms with Gasteiger partial charge in [0.2, 0.25) is 0 Å². The number of urea groups is 1. The second-order valence-corrected chi connectivity index (χ2v) is 7.27. The molecule has 0 saturated heterocycles. The number of hydrogen-bond acceptors (Lipinski definition) is 4. The molecule has 0 aromatic heterocycles. The largest absolute Gasteiger partial charge is 0.478 e. The number of amides is 2. The Morgan fingerprint density at radius 1 is 1.29 bits per heavy atom. The minimum Gasteiger partial charge on any atom is -0.478 e. The van der Waals surface area contributed by atoms with Gasteiger partial charge < -0.3 is 15.3 Å². The number of carbonyl (C=O) groups excluding carboxylic acids is 1. The highest BCUT2D eigenvalue weighted by molar-refractivity contribution is 7.90. The number of nitrogens with one attached hydrogen (secondary N) is 1. The smallest absolute Gasteiger partial charge is 0.335 e. The molecule has 0 fully saturated rings. The van der Waals surface area contributed by atoms with E-state index in [-0.39, 0.29) is 23.9 Å². The van der Waals surface area contributed by atoms with Crippen molar-refractivity contribution in [3.8, 4) is 0 Å². The van der Waals surface area contributed by atoms with Crippen molar-refractivity contribution in [2.24, 2.45) is 0 Å². The lowest BCUT2D eigenvalue weighted by Gasteiger charge is -2.16. The van der Waals surface area contributed by atoms with Crippen LogP contribution in [0.3, 0.4) is 0 Å². The number of fused-ring (bicyclic) bond motifs is 1. The highest BCUT2D eigenvalue weighted by atomic mass is 32.2. The molecule has 1 aliphatic rings. The Balaban J connectivity index is 1.96. The number of carbonyl (C=O) groups is 2. The summed E-state index contributed by atoms with van der Waals surface area (Å²) in [5.74, 6) is -1.11. The molecule has 8 heteroatoms. The van der Waals surface area contributed by atoms with Crippen molar-refractivity contribution < 1.29 is 23.1 Å². The Labute approximate surface area is 122 Å². The van der Waals surface area contributed by atoms with Crippen molar-refractivity contribution in [3.63, 3.8) is 0 Å². The van der Waals surface area contributed by atoms with E-state index >= 15 is 0 Å². The molecule has 114 valence electrons. The molecular weight excluding hydrogens is 296 g/mol. The Morgan fingerprint density at radius 2 is 1.95 bits per heavy atom. The maximum absolute atomic E-state index is 11.9. The molecule has 1 aromatic carbocycles. The molecule has 2 N–H and O–H groups in total. The quantitative estimate of drug-likeness (QED) is 0.840. The summed E-state index contributed by atoms with van der Waals surface area (Å²) in [5, 5.41) is 11.5. The number of aromatic carboxylic acids is 1. The lowest BCUT2D eigenvalue weighted by atomic mass is 10.1. The lowest BCUT2D eigenvalue weighted by molar-refractivity contribution is 0.0696. The molecule has 2 amide bonds. The third-order valence-corrected chi connectivity index (χ3v) is 4.16. The van der Waals surface area contributed by atoms with Crippen molar-refractivity contribution in [1.82, 2.24) is 10.2 Å². The molecule has 0 bridgehead atoms. The maximum atomic E-state index is 11.9. The Hall–Kier alpha value is -2.09. The fraction of sp³-hybridized carbons (Fsp3) is 0.385. The summed E-state index contributed by atoms with van der Waals surface area (Å²) in [6.07, 6.45) is 1.11. The first-order valence-corrected chi connectivity index (χ1v) is 8.38. The zero-order valence-corrected chi connectivity index (χ0v) is 12.3. The van der Waals surface area contributed by atoms with E-state index in [0.717, 1.165) is 17.4 Å². The van der Waals surface area contributed by atoms with E-state index < -0.39 is 15.8 Å². The summed E-state index contributed by atoms with van der Waals surface area (Å²) < 4.78 is 22.0. The first-order valence-electron chi connectivity index (χ1n) is 6.32. The third kappa shape index (κ3) is 3.94. The molecule has 21 heavy (non-hydrogen) atoms. The number of sulfone groups is 1. The topological polar surface area (TPSA) is 104 Å². The van der Waals surface area contributed by atoms with E-state index in [0.29, 0.717) is 13.1 Å².